The average Bonchev–Trinajstić information content (AvgIpc) is 2.83. The molecule has 1 aliphatic carbocycles. The van der Waals surface area contributed by atoms with Crippen LogP contribution in [0.2, 0.25) is 0 Å². The van der Waals surface area contributed by atoms with E-state index in [0.29, 0.717) is 12.2 Å². The van der Waals surface area contributed by atoms with Gasteiger partial charge in [0.15, 0.2) is 0 Å². The van der Waals surface area contributed by atoms with Crippen LogP contribution in [0.5, 0.6) is 0 Å². The predicted octanol–water partition coefficient (Wildman–Crippen LogP) is 1.84. The number of nitrogens with zero attached hydrogens (tertiary/aromatic N) is 1. The van der Waals surface area contributed by atoms with Crippen molar-refractivity contribution in [2.45, 2.75) is 32.6 Å². The quantitative estimate of drug-likeness (QED) is 0.627. The van der Waals surface area contributed by atoms with E-state index in [4.69, 9.17) is 0 Å². The first-order chi connectivity index (χ1) is 5.81. The highest BCUT2D eigenvalue weighted by molar-refractivity contribution is 5.95. The molecule has 1 unspecified atom stereocenters. The first kappa shape index (κ1) is 7.96. The van der Waals surface area contributed by atoms with Gasteiger partial charge in [-0.25, -0.2) is 0 Å². The number of carbonyl (C=O) groups excluding carboxylic acids is 1. The molecule has 0 aromatic heterocycles. The van der Waals surface area contributed by atoms with Crippen molar-refractivity contribution in [1.29, 1.82) is 0 Å². The lowest BCUT2D eigenvalue weighted by molar-refractivity contribution is -0.121. The maximum Gasteiger partial charge on any atom is 0.137 e. The molecule has 0 aromatic rings. The maximum atomic E-state index is 11.3. The normalized spacial score (nSPS) is 28.8. The fraction of sp³-hybridized carbons (Fsp3) is 0.800. The van der Waals surface area contributed by atoms with Crippen LogP contribution in [0.25, 0.3) is 0 Å². The summed E-state index contributed by atoms with van der Waals surface area (Å²) in [6.07, 6.45) is 4.27. The fourth-order valence-electron chi connectivity index (χ4n) is 1.83. The molecule has 1 saturated carbocycles. The first-order valence-electron chi connectivity index (χ1n) is 4.87. The number of carbonyl (C=O) groups is 1. The Morgan fingerprint density at radius 3 is 2.92 bits per heavy atom. The highest BCUT2D eigenvalue weighted by Crippen LogP contribution is 2.35. The molecule has 1 fully saturated rings. The molecule has 0 radical (unpaired) electrons. The molecule has 0 bridgehead atoms. The molecule has 0 spiro atoms. The van der Waals surface area contributed by atoms with Crippen LogP contribution in [0, 0.1) is 11.8 Å². The number of Topliss-reactive ketones (excluding diaryl/α,β-unsaturated/α-hetero) is 1. The van der Waals surface area contributed by atoms with E-state index in [1.54, 1.807) is 0 Å². The van der Waals surface area contributed by atoms with E-state index in [0.717, 1.165) is 18.9 Å². The lowest BCUT2D eigenvalue weighted by Gasteiger charge is -2.04. The Morgan fingerprint density at radius 1 is 1.58 bits per heavy atom. The second-order valence-electron chi connectivity index (χ2n) is 3.83. The Hall–Kier alpha value is -0.660. The summed E-state index contributed by atoms with van der Waals surface area (Å²) in [5.74, 6) is 1.40. The third-order valence-corrected chi connectivity index (χ3v) is 2.82. The Labute approximate surface area is 73.1 Å². The largest absolute Gasteiger partial charge is 0.299 e. The van der Waals surface area contributed by atoms with Crippen molar-refractivity contribution in [3.8, 4) is 0 Å². The minimum atomic E-state index is 0.241. The zero-order valence-corrected chi connectivity index (χ0v) is 7.55. The average molecular weight is 165 g/mol. The molecule has 0 N–H and O–H groups in total. The number of hydrogen-bond donors (Lipinski definition) is 0. The van der Waals surface area contributed by atoms with Gasteiger partial charge in [0.25, 0.3) is 0 Å². The minimum Gasteiger partial charge on any atom is -0.299 e. The van der Waals surface area contributed by atoms with Crippen molar-refractivity contribution in [1.82, 2.24) is 0 Å². The molecular formula is C10H15NO. The van der Waals surface area contributed by atoms with Crippen molar-refractivity contribution < 1.29 is 4.79 Å². The van der Waals surface area contributed by atoms with E-state index in [2.05, 4.69) is 4.99 Å². The van der Waals surface area contributed by atoms with Gasteiger partial charge in [-0.15, -0.1) is 0 Å². The zero-order valence-electron chi connectivity index (χ0n) is 7.55. The van der Waals surface area contributed by atoms with Crippen molar-refractivity contribution in [2.24, 2.45) is 16.8 Å². The van der Waals surface area contributed by atoms with Crippen molar-refractivity contribution in [3.63, 3.8) is 0 Å². The Balaban J connectivity index is 1.89. The molecule has 1 atom stereocenters. The number of aliphatic imine (C=N–C) groups is 1. The van der Waals surface area contributed by atoms with Crippen LogP contribution in [0.4, 0.5) is 0 Å². The van der Waals surface area contributed by atoms with Gasteiger partial charge in [0, 0.05) is 24.6 Å². The molecule has 1 heterocycles. The van der Waals surface area contributed by atoms with Crippen LogP contribution in [-0.2, 0) is 4.79 Å². The van der Waals surface area contributed by atoms with Crippen LogP contribution in [0.3, 0.4) is 0 Å². The fourth-order valence-corrected chi connectivity index (χ4v) is 1.83. The van der Waals surface area contributed by atoms with Gasteiger partial charge in [-0.2, -0.15) is 0 Å². The van der Waals surface area contributed by atoms with Gasteiger partial charge < -0.3 is 0 Å². The van der Waals surface area contributed by atoms with E-state index in [9.17, 15) is 4.79 Å². The molecule has 2 heteroatoms. The van der Waals surface area contributed by atoms with Crippen LogP contribution in [0.15, 0.2) is 4.99 Å². The predicted molar refractivity (Wildman–Crippen MR) is 48.4 cm³/mol. The standard InChI is InChI=1S/C10H15NO/c1-2-10(12)8-5-9(11-6-8)7-3-4-7/h7-8H,2-6H2,1H3. The van der Waals surface area contributed by atoms with E-state index in [1.807, 2.05) is 6.92 Å². The molecule has 1 aliphatic heterocycles. The van der Waals surface area contributed by atoms with Gasteiger partial charge in [-0.1, -0.05) is 6.92 Å². The summed E-state index contributed by atoms with van der Waals surface area (Å²) >= 11 is 0. The summed E-state index contributed by atoms with van der Waals surface area (Å²) in [4.78, 5) is 15.8. The Kier molecular flexibility index (Phi) is 1.99. The lowest BCUT2D eigenvalue weighted by Crippen LogP contribution is -2.14. The van der Waals surface area contributed by atoms with Gasteiger partial charge in [-0.05, 0) is 25.2 Å². The zero-order chi connectivity index (χ0) is 8.55. The first-order valence-corrected chi connectivity index (χ1v) is 4.87. The number of hydrogen-bond acceptors (Lipinski definition) is 2. The lowest BCUT2D eigenvalue weighted by atomic mass is 9.97. The third-order valence-electron chi connectivity index (χ3n) is 2.82. The molecule has 0 amide bonds. The smallest absolute Gasteiger partial charge is 0.137 e. The van der Waals surface area contributed by atoms with Crippen molar-refractivity contribution in [3.05, 3.63) is 0 Å². The highest BCUT2D eigenvalue weighted by atomic mass is 16.1. The monoisotopic (exact) mass is 165 g/mol. The molecule has 0 aromatic carbocycles. The topological polar surface area (TPSA) is 29.4 Å². The van der Waals surface area contributed by atoms with E-state index >= 15 is 0 Å². The summed E-state index contributed by atoms with van der Waals surface area (Å²) in [6, 6.07) is 0. The summed E-state index contributed by atoms with van der Waals surface area (Å²) in [5, 5.41) is 0. The van der Waals surface area contributed by atoms with Gasteiger partial charge in [0.1, 0.15) is 5.78 Å². The summed E-state index contributed by atoms with van der Waals surface area (Å²) < 4.78 is 0. The molecule has 2 aliphatic rings. The molecular weight excluding hydrogens is 150 g/mol. The van der Waals surface area contributed by atoms with Crippen molar-refractivity contribution >= 4 is 11.5 Å². The van der Waals surface area contributed by atoms with E-state index < -0.39 is 0 Å². The Bertz CT molecular complexity index is 228. The second-order valence-corrected chi connectivity index (χ2v) is 3.83. The van der Waals surface area contributed by atoms with Crippen LogP contribution in [-0.4, -0.2) is 18.0 Å². The SMILES string of the molecule is CCC(=O)C1CN=C(C2CC2)C1. The van der Waals surface area contributed by atoms with Gasteiger partial charge in [-0.3, -0.25) is 9.79 Å². The summed E-state index contributed by atoms with van der Waals surface area (Å²) in [7, 11) is 0. The van der Waals surface area contributed by atoms with Crippen molar-refractivity contribution in [2.75, 3.05) is 6.54 Å². The highest BCUT2D eigenvalue weighted by Gasteiger charge is 2.33. The minimum absolute atomic E-state index is 0.241. The molecule has 66 valence electrons. The summed E-state index contributed by atoms with van der Waals surface area (Å²) in [5.41, 5.74) is 1.34. The Morgan fingerprint density at radius 2 is 2.33 bits per heavy atom. The maximum absolute atomic E-state index is 11.3. The molecule has 2 nitrogen and oxygen atoms in total. The molecule has 0 saturated heterocycles. The summed E-state index contributed by atoms with van der Waals surface area (Å²) in [6.45, 7) is 2.72. The molecule has 2 rings (SSSR count). The third kappa shape index (κ3) is 1.43. The van der Waals surface area contributed by atoms with E-state index in [1.165, 1.54) is 18.6 Å². The van der Waals surface area contributed by atoms with E-state index in [-0.39, 0.29) is 5.92 Å². The van der Waals surface area contributed by atoms with Crippen LogP contribution >= 0.6 is 0 Å². The molecule has 12 heavy (non-hydrogen) atoms. The van der Waals surface area contributed by atoms with Crippen LogP contribution < -0.4 is 0 Å². The van der Waals surface area contributed by atoms with Gasteiger partial charge in [0.05, 0.1) is 0 Å². The van der Waals surface area contributed by atoms with Gasteiger partial charge >= 0.3 is 0 Å². The number of rotatable bonds is 3. The number of ketones is 1. The van der Waals surface area contributed by atoms with Gasteiger partial charge in [0.2, 0.25) is 0 Å². The van der Waals surface area contributed by atoms with Crippen LogP contribution in [0.1, 0.15) is 32.6 Å². The second kappa shape index (κ2) is 3.00.